The summed E-state index contributed by atoms with van der Waals surface area (Å²) in [5, 5.41) is 10.6. The molecule has 1 aromatic carbocycles. The average molecular weight is 280 g/mol. The van der Waals surface area contributed by atoms with Crippen LogP contribution in [0, 0.1) is 21.7 Å². The van der Waals surface area contributed by atoms with Crippen molar-refractivity contribution < 1.29 is 22.1 Å². The molecule has 0 bridgehead atoms. The van der Waals surface area contributed by atoms with E-state index in [1.807, 2.05) is 0 Å². The van der Waals surface area contributed by atoms with Crippen LogP contribution in [0.4, 0.5) is 20.2 Å². The number of hydrogen-bond donors (Lipinski definition) is 1. The molecule has 6 nitrogen and oxygen atoms in total. The van der Waals surface area contributed by atoms with E-state index < -0.39 is 38.0 Å². The molecule has 0 saturated heterocycles. The number of nitro groups is 1. The number of nitrogens with zero attached hydrogens (tertiary/aromatic N) is 1. The van der Waals surface area contributed by atoms with Gasteiger partial charge in [-0.25, -0.2) is 17.2 Å². The highest BCUT2D eigenvalue weighted by molar-refractivity contribution is 7.92. The van der Waals surface area contributed by atoms with Crippen molar-refractivity contribution in [2.75, 3.05) is 10.5 Å². The highest BCUT2D eigenvalue weighted by Crippen LogP contribution is 2.29. The number of benzene rings is 1. The van der Waals surface area contributed by atoms with Crippen molar-refractivity contribution in [2.24, 2.45) is 0 Å². The molecule has 0 spiro atoms. The van der Waals surface area contributed by atoms with Gasteiger partial charge in [-0.05, 0) is 6.42 Å². The number of rotatable bonds is 5. The van der Waals surface area contributed by atoms with Crippen LogP contribution < -0.4 is 4.72 Å². The molecular formula is C9H10F2N2O4S. The fourth-order valence-corrected chi connectivity index (χ4v) is 2.43. The number of anilines is 1. The first kappa shape index (κ1) is 14.3. The van der Waals surface area contributed by atoms with E-state index in [1.54, 1.807) is 11.6 Å². The molecular weight excluding hydrogens is 270 g/mol. The minimum atomic E-state index is -3.89. The summed E-state index contributed by atoms with van der Waals surface area (Å²) in [4.78, 5) is 9.55. The van der Waals surface area contributed by atoms with Crippen molar-refractivity contribution >= 4 is 21.4 Å². The molecule has 0 saturated carbocycles. The summed E-state index contributed by atoms with van der Waals surface area (Å²) in [6.07, 6.45) is 0.256. The predicted octanol–water partition coefficient (Wildman–Crippen LogP) is 2.02. The summed E-state index contributed by atoms with van der Waals surface area (Å²) < 4.78 is 50.8. The summed E-state index contributed by atoms with van der Waals surface area (Å²) in [7, 11) is -3.89. The zero-order chi connectivity index (χ0) is 13.9. The Labute approximate surface area is 102 Å². The number of nitrogens with one attached hydrogen (secondary N) is 1. The van der Waals surface area contributed by atoms with Gasteiger partial charge in [0.1, 0.15) is 5.82 Å². The zero-order valence-electron chi connectivity index (χ0n) is 9.31. The van der Waals surface area contributed by atoms with Gasteiger partial charge in [0, 0.05) is 6.07 Å². The van der Waals surface area contributed by atoms with Crippen LogP contribution in [0.2, 0.25) is 0 Å². The lowest BCUT2D eigenvalue weighted by Crippen LogP contribution is -2.18. The lowest BCUT2D eigenvalue weighted by atomic mass is 10.2. The Morgan fingerprint density at radius 2 is 2.00 bits per heavy atom. The number of nitro benzene ring substituents is 1. The fraction of sp³-hybridized carbons (Fsp3) is 0.333. The van der Waals surface area contributed by atoms with Crippen molar-refractivity contribution in [2.45, 2.75) is 13.3 Å². The quantitative estimate of drug-likeness (QED) is 0.660. The fourth-order valence-electron chi connectivity index (χ4n) is 1.28. The van der Waals surface area contributed by atoms with Gasteiger partial charge in [0.2, 0.25) is 10.0 Å². The van der Waals surface area contributed by atoms with Gasteiger partial charge in [0.25, 0.3) is 5.69 Å². The summed E-state index contributed by atoms with van der Waals surface area (Å²) in [6, 6.07) is 0.823. The summed E-state index contributed by atoms with van der Waals surface area (Å²) in [5.74, 6) is -2.81. The van der Waals surface area contributed by atoms with Gasteiger partial charge in [0.05, 0.1) is 16.7 Å². The molecule has 1 rings (SSSR count). The standard InChI is InChI=1S/C9H10F2N2O4S/c1-2-3-18(16,17)12-9-7(11)4-6(10)5-8(9)13(14)15/h4-5,12H,2-3H2,1H3. The summed E-state index contributed by atoms with van der Waals surface area (Å²) in [6.45, 7) is 1.58. The monoisotopic (exact) mass is 280 g/mol. The summed E-state index contributed by atoms with van der Waals surface area (Å²) >= 11 is 0. The van der Waals surface area contributed by atoms with E-state index >= 15 is 0 Å². The van der Waals surface area contributed by atoms with E-state index in [0.717, 1.165) is 0 Å². The zero-order valence-corrected chi connectivity index (χ0v) is 10.1. The van der Waals surface area contributed by atoms with Crippen LogP contribution in [0.15, 0.2) is 12.1 Å². The molecule has 18 heavy (non-hydrogen) atoms. The molecule has 0 aliphatic rings. The second-order valence-electron chi connectivity index (χ2n) is 3.46. The van der Waals surface area contributed by atoms with E-state index in [1.165, 1.54) is 0 Å². The first-order valence-corrected chi connectivity index (χ1v) is 6.56. The molecule has 1 N–H and O–H groups in total. The Morgan fingerprint density at radius 1 is 1.39 bits per heavy atom. The van der Waals surface area contributed by atoms with Crippen LogP contribution in [-0.2, 0) is 10.0 Å². The number of halogens is 2. The van der Waals surface area contributed by atoms with Gasteiger partial charge >= 0.3 is 0 Å². The topological polar surface area (TPSA) is 89.3 Å². The van der Waals surface area contributed by atoms with E-state index in [2.05, 4.69) is 0 Å². The molecule has 0 aliphatic carbocycles. The molecule has 0 heterocycles. The van der Waals surface area contributed by atoms with Crippen LogP contribution in [0.25, 0.3) is 0 Å². The molecule has 9 heteroatoms. The maximum Gasteiger partial charge on any atom is 0.299 e. The van der Waals surface area contributed by atoms with Crippen LogP contribution >= 0.6 is 0 Å². The predicted molar refractivity (Wildman–Crippen MR) is 60.7 cm³/mol. The lowest BCUT2D eigenvalue weighted by Gasteiger charge is -2.08. The summed E-state index contributed by atoms with van der Waals surface area (Å²) in [5.41, 5.74) is -1.82. The van der Waals surface area contributed by atoms with Gasteiger partial charge in [0.15, 0.2) is 11.5 Å². The molecule has 0 amide bonds. The van der Waals surface area contributed by atoms with Crippen molar-refractivity contribution in [3.05, 3.63) is 33.9 Å². The number of sulfonamides is 1. The molecule has 100 valence electrons. The highest BCUT2D eigenvalue weighted by atomic mass is 32.2. The molecule has 0 fully saturated rings. The first-order valence-electron chi connectivity index (χ1n) is 4.90. The molecule has 0 aliphatic heterocycles. The van der Waals surface area contributed by atoms with Gasteiger partial charge in [-0.3, -0.25) is 14.8 Å². The largest absolute Gasteiger partial charge is 0.299 e. The Morgan fingerprint density at radius 3 is 2.50 bits per heavy atom. The van der Waals surface area contributed by atoms with Crippen molar-refractivity contribution in [3.8, 4) is 0 Å². The van der Waals surface area contributed by atoms with Crippen molar-refractivity contribution in [1.82, 2.24) is 0 Å². The molecule has 0 aromatic heterocycles. The number of hydrogen-bond acceptors (Lipinski definition) is 4. The molecule has 1 aromatic rings. The van der Waals surface area contributed by atoms with E-state index in [9.17, 15) is 27.3 Å². The van der Waals surface area contributed by atoms with E-state index in [-0.39, 0.29) is 12.2 Å². The first-order chi connectivity index (χ1) is 8.26. The van der Waals surface area contributed by atoms with Gasteiger partial charge in [-0.1, -0.05) is 6.92 Å². The third kappa shape index (κ3) is 3.36. The Bertz CT molecular complexity index is 574. The van der Waals surface area contributed by atoms with Crippen LogP contribution in [0.5, 0.6) is 0 Å². The minimum Gasteiger partial charge on any atom is -0.275 e. The normalized spacial score (nSPS) is 11.3. The second kappa shape index (κ2) is 5.25. The second-order valence-corrected chi connectivity index (χ2v) is 5.30. The maximum absolute atomic E-state index is 13.4. The van der Waals surface area contributed by atoms with Crippen LogP contribution in [0.1, 0.15) is 13.3 Å². The van der Waals surface area contributed by atoms with Gasteiger partial charge < -0.3 is 0 Å². The SMILES string of the molecule is CCCS(=O)(=O)Nc1c(F)cc(F)cc1[N+](=O)[O-]. The molecule has 0 atom stereocenters. The minimum absolute atomic E-state index is 0.256. The van der Waals surface area contributed by atoms with Gasteiger partial charge in [-0.2, -0.15) is 0 Å². The maximum atomic E-state index is 13.4. The Hall–Kier alpha value is -1.77. The Balaban J connectivity index is 3.28. The average Bonchev–Trinajstić information content (AvgIpc) is 2.21. The molecule has 0 unspecified atom stereocenters. The van der Waals surface area contributed by atoms with Crippen LogP contribution in [-0.4, -0.2) is 19.1 Å². The van der Waals surface area contributed by atoms with E-state index in [4.69, 9.17) is 0 Å². The van der Waals surface area contributed by atoms with Crippen molar-refractivity contribution in [1.29, 1.82) is 0 Å². The van der Waals surface area contributed by atoms with Crippen LogP contribution in [0.3, 0.4) is 0 Å². The Kier molecular flexibility index (Phi) is 4.17. The third-order valence-electron chi connectivity index (χ3n) is 1.96. The third-order valence-corrected chi connectivity index (χ3v) is 3.42. The molecule has 0 radical (unpaired) electrons. The van der Waals surface area contributed by atoms with E-state index in [0.29, 0.717) is 12.1 Å². The smallest absolute Gasteiger partial charge is 0.275 e. The lowest BCUT2D eigenvalue weighted by molar-refractivity contribution is -0.384. The van der Waals surface area contributed by atoms with Crippen molar-refractivity contribution in [3.63, 3.8) is 0 Å². The van der Waals surface area contributed by atoms with Gasteiger partial charge in [-0.15, -0.1) is 0 Å². The highest BCUT2D eigenvalue weighted by Gasteiger charge is 2.24.